The van der Waals surface area contributed by atoms with Gasteiger partial charge in [-0.05, 0) is 25.0 Å². The lowest BCUT2D eigenvalue weighted by molar-refractivity contribution is -0.137. The molecule has 0 bridgehead atoms. The lowest BCUT2D eigenvalue weighted by Gasteiger charge is -2.13. The van der Waals surface area contributed by atoms with Crippen LogP contribution >= 0.6 is 0 Å². The van der Waals surface area contributed by atoms with E-state index in [0.29, 0.717) is 17.6 Å². The Hall–Kier alpha value is -2.16. The van der Waals surface area contributed by atoms with E-state index in [1.807, 2.05) is 39.8 Å². The summed E-state index contributed by atoms with van der Waals surface area (Å²) in [5, 5.41) is 0. The minimum absolute atomic E-state index is 0.297. The van der Waals surface area contributed by atoms with Crippen molar-refractivity contribution in [3.8, 4) is 0 Å². The van der Waals surface area contributed by atoms with Crippen LogP contribution < -0.4 is 0 Å². The molecule has 1 aliphatic rings. The van der Waals surface area contributed by atoms with Crippen molar-refractivity contribution in [2.45, 2.75) is 34.1 Å². The third kappa shape index (κ3) is 4.42. The van der Waals surface area contributed by atoms with Crippen LogP contribution in [0.15, 0.2) is 59.8 Å². The molecule has 3 nitrogen and oxygen atoms in total. The summed E-state index contributed by atoms with van der Waals surface area (Å²) in [6.45, 7) is 15.3. The molecular formula is C18H25NO2. The van der Waals surface area contributed by atoms with Crippen molar-refractivity contribution < 1.29 is 9.59 Å². The van der Waals surface area contributed by atoms with Gasteiger partial charge in [0.05, 0.1) is 0 Å². The summed E-state index contributed by atoms with van der Waals surface area (Å²) in [7, 11) is 1.47. The SMILES string of the molecule is C=C/C=C1\C/C(=C(C)/C=C\C)C(=C)C(=O)N(C)C1=O.CC. The fraction of sp³-hybridized carbons (Fsp3) is 0.333. The van der Waals surface area contributed by atoms with Crippen molar-refractivity contribution in [3.63, 3.8) is 0 Å². The van der Waals surface area contributed by atoms with Crippen LogP contribution in [0.3, 0.4) is 0 Å². The first kappa shape index (κ1) is 18.8. The molecule has 1 fully saturated rings. The van der Waals surface area contributed by atoms with Crippen molar-refractivity contribution in [2.24, 2.45) is 0 Å². The van der Waals surface area contributed by atoms with E-state index in [9.17, 15) is 9.59 Å². The lowest BCUT2D eigenvalue weighted by atomic mass is 9.95. The number of likely N-dealkylation sites (tertiary alicyclic amines) is 1. The summed E-state index contributed by atoms with van der Waals surface area (Å²) in [6.07, 6.45) is 7.41. The topological polar surface area (TPSA) is 37.4 Å². The number of carbonyl (C=O) groups excluding carboxylic acids is 2. The standard InChI is InChI=1S/C16H19NO2.C2H6/c1-6-8-11(3)14-10-13(9-7-2)16(19)17(5)15(18)12(14)4;1-2/h6-9H,2,4,10H2,1,3,5H3;1-2H3/b8-6-,13-9+,14-11-;. The summed E-state index contributed by atoms with van der Waals surface area (Å²) >= 11 is 0. The zero-order valence-corrected chi connectivity index (χ0v) is 13.7. The largest absolute Gasteiger partial charge is 0.278 e. The molecule has 2 amide bonds. The molecule has 114 valence electrons. The fourth-order valence-electron chi connectivity index (χ4n) is 2.01. The Morgan fingerprint density at radius 2 is 1.81 bits per heavy atom. The summed E-state index contributed by atoms with van der Waals surface area (Å²) in [4.78, 5) is 25.3. The van der Waals surface area contributed by atoms with E-state index in [0.717, 1.165) is 16.0 Å². The zero-order chi connectivity index (χ0) is 16.6. The maximum Gasteiger partial charge on any atom is 0.260 e. The van der Waals surface area contributed by atoms with Gasteiger partial charge in [0.15, 0.2) is 0 Å². The first-order chi connectivity index (χ1) is 9.93. The number of hydrogen-bond acceptors (Lipinski definition) is 2. The van der Waals surface area contributed by atoms with E-state index in [-0.39, 0.29) is 11.8 Å². The Labute approximate surface area is 128 Å². The highest BCUT2D eigenvalue weighted by Crippen LogP contribution is 2.28. The number of hydrogen-bond donors (Lipinski definition) is 0. The smallest absolute Gasteiger partial charge is 0.260 e. The molecule has 0 unspecified atom stereocenters. The number of imide groups is 1. The minimum Gasteiger partial charge on any atom is -0.278 e. The number of allylic oxidation sites excluding steroid dienone is 5. The van der Waals surface area contributed by atoms with E-state index in [4.69, 9.17) is 0 Å². The molecule has 3 heteroatoms. The van der Waals surface area contributed by atoms with Crippen LogP contribution in [0.1, 0.15) is 34.1 Å². The summed E-state index contributed by atoms with van der Waals surface area (Å²) in [5.41, 5.74) is 2.66. The molecule has 0 N–H and O–H groups in total. The Morgan fingerprint density at radius 3 is 2.29 bits per heavy atom. The first-order valence-electron chi connectivity index (χ1n) is 7.09. The van der Waals surface area contributed by atoms with Crippen LogP contribution in [-0.2, 0) is 9.59 Å². The Bertz CT molecular complexity index is 533. The average molecular weight is 287 g/mol. The molecule has 1 saturated heterocycles. The van der Waals surface area contributed by atoms with Crippen molar-refractivity contribution in [2.75, 3.05) is 7.05 Å². The number of amides is 2. The van der Waals surface area contributed by atoms with Gasteiger partial charge in [-0.15, -0.1) is 0 Å². The van der Waals surface area contributed by atoms with Crippen LogP contribution in [0.4, 0.5) is 0 Å². The summed E-state index contributed by atoms with van der Waals surface area (Å²) in [6, 6.07) is 0. The minimum atomic E-state index is -0.351. The number of carbonyl (C=O) groups is 2. The first-order valence-corrected chi connectivity index (χ1v) is 7.09. The quantitative estimate of drug-likeness (QED) is 0.569. The van der Waals surface area contributed by atoms with Crippen molar-refractivity contribution in [1.29, 1.82) is 0 Å². The monoisotopic (exact) mass is 287 g/mol. The van der Waals surface area contributed by atoms with Gasteiger partial charge in [-0.25, -0.2) is 0 Å². The molecule has 0 atom stereocenters. The molecule has 0 aromatic carbocycles. The molecule has 0 radical (unpaired) electrons. The Kier molecular flexibility index (Phi) is 7.99. The predicted octanol–water partition coefficient (Wildman–Crippen LogP) is 3.96. The van der Waals surface area contributed by atoms with Crippen LogP contribution in [0.25, 0.3) is 0 Å². The van der Waals surface area contributed by atoms with Gasteiger partial charge in [0.25, 0.3) is 11.8 Å². The summed E-state index contributed by atoms with van der Waals surface area (Å²) < 4.78 is 0. The van der Waals surface area contributed by atoms with E-state index in [2.05, 4.69) is 13.2 Å². The molecule has 1 rings (SSSR count). The summed E-state index contributed by atoms with van der Waals surface area (Å²) in [5.74, 6) is -0.648. The molecule has 0 spiro atoms. The number of likely N-dealkylation sites (N-methyl/N-ethyl adjacent to an activating group) is 1. The third-order valence-electron chi connectivity index (χ3n) is 3.09. The van der Waals surface area contributed by atoms with Gasteiger partial charge in [0.2, 0.25) is 0 Å². The lowest BCUT2D eigenvalue weighted by Crippen LogP contribution is -2.32. The van der Waals surface area contributed by atoms with E-state index >= 15 is 0 Å². The van der Waals surface area contributed by atoms with Gasteiger partial charge < -0.3 is 0 Å². The van der Waals surface area contributed by atoms with Gasteiger partial charge in [-0.1, -0.05) is 51.3 Å². The van der Waals surface area contributed by atoms with Crippen molar-refractivity contribution in [1.82, 2.24) is 4.90 Å². The number of nitrogens with zero attached hydrogens (tertiary/aromatic N) is 1. The van der Waals surface area contributed by atoms with Gasteiger partial charge in [-0.3, -0.25) is 14.5 Å². The second kappa shape index (κ2) is 8.90. The van der Waals surface area contributed by atoms with E-state index in [1.165, 1.54) is 7.05 Å². The second-order valence-corrected chi connectivity index (χ2v) is 4.41. The van der Waals surface area contributed by atoms with Crippen LogP contribution in [0.2, 0.25) is 0 Å². The van der Waals surface area contributed by atoms with Crippen molar-refractivity contribution >= 4 is 11.8 Å². The predicted molar refractivity (Wildman–Crippen MR) is 88.7 cm³/mol. The number of rotatable bonds is 2. The van der Waals surface area contributed by atoms with Gasteiger partial charge in [0.1, 0.15) is 0 Å². The van der Waals surface area contributed by atoms with E-state index in [1.54, 1.807) is 12.2 Å². The van der Waals surface area contributed by atoms with E-state index < -0.39 is 0 Å². The molecule has 0 aliphatic carbocycles. The molecule has 21 heavy (non-hydrogen) atoms. The maximum atomic E-state index is 12.1. The average Bonchev–Trinajstić information content (AvgIpc) is 2.56. The highest BCUT2D eigenvalue weighted by Gasteiger charge is 2.30. The molecule has 1 heterocycles. The molecular weight excluding hydrogens is 262 g/mol. The van der Waals surface area contributed by atoms with Crippen LogP contribution in [-0.4, -0.2) is 23.8 Å². The highest BCUT2D eigenvalue weighted by atomic mass is 16.2. The maximum absolute atomic E-state index is 12.1. The van der Waals surface area contributed by atoms with Crippen LogP contribution in [0.5, 0.6) is 0 Å². The normalized spacial score (nSPS) is 20.3. The van der Waals surface area contributed by atoms with Gasteiger partial charge in [-0.2, -0.15) is 0 Å². The third-order valence-corrected chi connectivity index (χ3v) is 3.09. The molecule has 0 aromatic heterocycles. The Balaban J connectivity index is 0.00000191. The van der Waals surface area contributed by atoms with Crippen LogP contribution in [0, 0.1) is 0 Å². The van der Waals surface area contributed by atoms with Gasteiger partial charge >= 0.3 is 0 Å². The molecule has 1 aliphatic heterocycles. The fourth-order valence-corrected chi connectivity index (χ4v) is 2.01. The second-order valence-electron chi connectivity index (χ2n) is 4.41. The molecule has 0 aromatic rings. The highest BCUT2D eigenvalue weighted by molar-refractivity contribution is 6.13. The Morgan fingerprint density at radius 1 is 1.24 bits per heavy atom. The van der Waals surface area contributed by atoms with Gasteiger partial charge in [0, 0.05) is 24.6 Å². The molecule has 0 saturated carbocycles. The zero-order valence-electron chi connectivity index (χ0n) is 13.7. The van der Waals surface area contributed by atoms with Crippen molar-refractivity contribution in [3.05, 3.63) is 59.8 Å².